The molecule has 1 aromatic rings. The normalized spacial score (nSPS) is 13.3. The zero-order valence-electron chi connectivity index (χ0n) is 17.3. The summed E-state index contributed by atoms with van der Waals surface area (Å²) in [6.45, 7) is 11.6. The summed E-state index contributed by atoms with van der Waals surface area (Å²) < 4.78 is 24.3. The number of rotatable bonds is 7. The molecule has 27 heavy (non-hydrogen) atoms. The first-order valence-electron chi connectivity index (χ1n) is 8.93. The van der Waals surface area contributed by atoms with E-state index in [-0.39, 0.29) is 0 Å². The average molecular weight is 372 g/mol. The number of hydrogen-bond acceptors (Lipinski definition) is 3. The van der Waals surface area contributed by atoms with E-state index in [1.54, 1.807) is 21.0 Å². The Bertz CT molecular complexity index is 811. The Balaban J connectivity index is 3.01. The van der Waals surface area contributed by atoms with Gasteiger partial charge in [0.25, 0.3) is 0 Å². The number of ether oxygens (including phenoxy) is 2. The third-order valence-electron chi connectivity index (χ3n) is 4.20. The molecule has 0 unspecified atom stereocenters. The van der Waals surface area contributed by atoms with Crippen LogP contribution in [0.3, 0.4) is 0 Å². The van der Waals surface area contributed by atoms with E-state index in [0.29, 0.717) is 12.2 Å². The molecule has 146 valence electrons. The van der Waals surface area contributed by atoms with Crippen molar-refractivity contribution in [3.63, 3.8) is 0 Å². The molecule has 0 bridgehead atoms. The maximum atomic E-state index is 14.1. The summed E-state index contributed by atoms with van der Waals surface area (Å²) in [4.78, 5) is 11.4. The van der Waals surface area contributed by atoms with Crippen LogP contribution < -0.4 is 4.74 Å². The molecule has 0 aliphatic heterocycles. The van der Waals surface area contributed by atoms with Gasteiger partial charge in [0.2, 0.25) is 0 Å². The van der Waals surface area contributed by atoms with Gasteiger partial charge in [0.15, 0.2) is 0 Å². The Morgan fingerprint density at radius 2 is 1.74 bits per heavy atom. The highest BCUT2D eigenvalue weighted by Gasteiger charge is 2.08. The molecule has 4 heteroatoms. The lowest BCUT2D eigenvalue weighted by Crippen LogP contribution is -1.99. The maximum absolute atomic E-state index is 14.1. The first-order chi connectivity index (χ1) is 12.7. The van der Waals surface area contributed by atoms with Crippen LogP contribution >= 0.6 is 0 Å². The Kier molecular flexibility index (Phi) is 8.73. The summed E-state index contributed by atoms with van der Waals surface area (Å²) in [5.41, 5.74) is 5.69. The van der Waals surface area contributed by atoms with Crippen molar-refractivity contribution in [1.82, 2.24) is 0 Å². The van der Waals surface area contributed by atoms with Crippen LogP contribution in [0, 0.1) is 20.8 Å². The van der Waals surface area contributed by atoms with Gasteiger partial charge in [-0.1, -0.05) is 12.2 Å². The van der Waals surface area contributed by atoms with Crippen LogP contribution in [-0.4, -0.2) is 19.7 Å². The van der Waals surface area contributed by atoms with Crippen LogP contribution in [0.15, 0.2) is 47.3 Å². The molecule has 0 heterocycles. The number of methoxy groups -OCH3 is 1. The molecule has 0 fully saturated rings. The fraction of sp³-hybridized carbons (Fsp3) is 0.348. The molecular weight excluding hydrogens is 343 g/mol. The lowest BCUT2D eigenvalue weighted by Gasteiger charge is -2.13. The van der Waals surface area contributed by atoms with Crippen LogP contribution in [0.25, 0.3) is 6.08 Å². The Labute approximate surface area is 161 Å². The van der Waals surface area contributed by atoms with Crippen molar-refractivity contribution in [3.05, 3.63) is 69.6 Å². The third-order valence-corrected chi connectivity index (χ3v) is 4.20. The van der Waals surface area contributed by atoms with Crippen LogP contribution in [0.4, 0.5) is 4.39 Å². The van der Waals surface area contributed by atoms with Crippen LogP contribution in [-0.2, 0) is 9.53 Å². The molecule has 0 aliphatic rings. The fourth-order valence-corrected chi connectivity index (χ4v) is 2.68. The number of carbonyl (C=O) groups excluding carboxylic acids is 1. The number of benzene rings is 1. The van der Waals surface area contributed by atoms with Gasteiger partial charge in [-0.15, -0.1) is 0 Å². The molecule has 0 spiro atoms. The molecule has 0 radical (unpaired) electrons. The van der Waals surface area contributed by atoms with Gasteiger partial charge in [0, 0.05) is 6.08 Å². The molecule has 0 atom stereocenters. The van der Waals surface area contributed by atoms with Crippen molar-refractivity contribution in [2.45, 2.75) is 41.5 Å². The molecule has 0 saturated heterocycles. The topological polar surface area (TPSA) is 35.5 Å². The zero-order valence-corrected chi connectivity index (χ0v) is 17.3. The molecule has 3 nitrogen and oxygen atoms in total. The zero-order chi connectivity index (χ0) is 20.6. The molecule has 1 rings (SSSR count). The quantitative estimate of drug-likeness (QED) is 0.337. The van der Waals surface area contributed by atoms with Crippen molar-refractivity contribution in [3.8, 4) is 5.75 Å². The van der Waals surface area contributed by atoms with Gasteiger partial charge in [-0.2, -0.15) is 0 Å². The van der Waals surface area contributed by atoms with Crippen molar-refractivity contribution >= 4 is 12.0 Å². The summed E-state index contributed by atoms with van der Waals surface area (Å²) in [5.74, 6) is -0.0257. The highest BCUT2D eigenvalue weighted by molar-refractivity contribution is 5.83. The van der Waals surface area contributed by atoms with Crippen LogP contribution in [0.5, 0.6) is 5.75 Å². The van der Waals surface area contributed by atoms with Crippen molar-refractivity contribution in [1.29, 1.82) is 0 Å². The average Bonchev–Trinajstić information content (AvgIpc) is 2.57. The highest BCUT2D eigenvalue weighted by Crippen LogP contribution is 2.28. The summed E-state index contributed by atoms with van der Waals surface area (Å²) in [5, 5.41) is 0. The van der Waals surface area contributed by atoms with E-state index in [1.807, 2.05) is 45.9 Å². The van der Waals surface area contributed by atoms with Crippen LogP contribution in [0.2, 0.25) is 0 Å². The largest absolute Gasteiger partial charge is 0.496 e. The molecule has 0 aliphatic carbocycles. The maximum Gasteiger partial charge on any atom is 0.331 e. The number of esters is 1. The molecular formula is C23H29FO3. The van der Waals surface area contributed by atoms with Gasteiger partial charge in [0.05, 0.1) is 13.7 Å². The van der Waals surface area contributed by atoms with Crippen molar-refractivity contribution < 1.29 is 18.7 Å². The number of hydrogen-bond donors (Lipinski definition) is 0. The van der Waals surface area contributed by atoms with E-state index < -0.39 is 11.8 Å². The number of halogens is 1. The van der Waals surface area contributed by atoms with E-state index in [4.69, 9.17) is 9.47 Å². The van der Waals surface area contributed by atoms with Gasteiger partial charge in [-0.3, -0.25) is 0 Å². The Morgan fingerprint density at radius 3 is 2.33 bits per heavy atom. The van der Waals surface area contributed by atoms with Crippen LogP contribution in [0.1, 0.15) is 43.0 Å². The fourth-order valence-electron chi connectivity index (χ4n) is 2.68. The second-order valence-corrected chi connectivity index (χ2v) is 6.45. The standard InChI is InChI=1S/C23H29FO3/c1-8-27-23(25)13-16(3)12-20(24)11-15(2)9-10-21-17(4)14-22(26-7)19(6)18(21)5/h9-14H,8H2,1-7H3/b10-9+,15-11+,16-13+,20-12-. The second-order valence-electron chi connectivity index (χ2n) is 6.45. The minimum Gasteiger partial charge on any atom is -0.496 e. The van der Waals surface area contributed by atoms with E-state index >= 15 is 0 Å². The molecule has 1 aromatic carbocycles. The van der Waals surface area contributed by atoms with Crippen molar-refractivity contribution in [2.24, 2.45) is 0 Å². The Morgan fingerprint density at radius 1 is 1.07 bits per heavy atom. The monoisotopic (exact) mass is 372 g/mol. The third kappa shape index (κ3) is 6.89. The molecule has 0 N–H and O–H groups in total. The summed E-state index contributed by atoms with van der Waals surface area (Å²) in [7, 11) is 1.66. The molecule has 0 amide bonds. The van der Waals surface area contributed by atoms with E-state index in [0.717, 1.165) is 33.6 Å². The summed E-state index contributed by atoms with van der Waals surface area (Å²) in [6, 6.07) is 2.01. The minimum atomic E-state index is -0.472. The number of allylic oxidation sites excluding steroid dienone is 6. The highest BCUT2D eigenvalue weighted by atomic mass is 19.1. The summed E-state index contributed by atoms with van der Waals surface area (Å²) >= 11 is 0. The van der Waals surface area contributed by atoms with Gasteiger partial charge >= 0.3 is 5.97 Å². The first kappa shape index (κ1) is 22.4. The number of aryl methyl sites for hydroxylation is 1. The minimum absolute atomic E-state index is 0.294. The number of carbonyl (C=O) groups is 1. The smallest absolute Gasteiger partial charge is 0.331 e. The van der Waals surface area contributed by atoms with Crippen molar-refractivity contribution in [2.75, 3.05) is 13.7 Å². The van der Waals surface area contributed by atoms with E-state index in [1.165, 1.54) is 18.2 Å². The van der Waals surface area contributed by atoms with Gasteiger partial charge in [-0.05, 0) is 93.2 Å². The second kappa shape index (κ2) is 10.5. The Hall–Kier alpha value is -2.62. The van der Waals surface area contributed by atoms with E-state index in [2.05, 4.69) is 0 Å². The predicted octanol–water partition coefficient (Wildman–Crippen LogP) is 5.94. The molecule has 0 saturated carbocycles. The van der Waals surface area contributed by atoms with Gasteiger partial charge in [0.1, 0.15) is 11.6 Å². The van der Waals surface area contributed by atoms with E-state index in [9.17, 15) is 9.18 Å². The molecule has 0 aromatic heterocycles. The predicted molar refractivity (Wildman–Crippen MR) is 110 cm³/mol. The van der Waals surface area contributed by atoms with Gasteiger partial charge < -0.3 is 9.47 Å². The lowest BCUT2D eigenvalue weighted by molar-refractivity contribution is -0.137. The van der Waals surface area contributed by atoms with Gasteiger partial charge in [-0.25, -0.2) is 9.18 Å². The lowest BCUT2D eigenvalue weighted by atomic mass is 9.96. The summed E-state index contributed by atoms with van der Waals surface area (Å²) in [6.07, 6.45) is 7.87. The SMILES string of the molecule is CCOC(=O)/C=C(C)/C=C(F)/C=C(C)/C=C/c1c(C)cc(OC)c(C)c1C. The first-order valence-corrected chi connectivity index (χ1v) is 8.93.